The van der Waals surface area contributed by atoms with Gasteiger partial charge in [-0.1, -0.05) is 0 Å². The zero-order valence-corrected chi connectivity index (χ0v) is 8.54. The molecule has 0 aromatic heterocycles. The first kappa shape index (κ1) is 13.0. The molecule has 1 amide bonds. The highest BCUT2D eigenvalue weighted by Crippen LogP contribution is 2.18. The Kier molecular flexibility index (Phi) is 3.72. The normalized spacial score (nSPS) is 11.0. The van der Waals surface area contributed by atoms with E-state index in [-0.39, 0.29) is 5.69 Å². The summed E-state index contributed by atoms with van der Waals surface area (Å²) in [5.74, 6) is -3.09. The van der Waals surface area contributed by atoms with Gasteiger partial charge < -0.3 is 11.1 Å². The second-order valence-electron chi connectivity index (χ2n) is 3.27. The van der Waals surface area contributed by atoms with Crippen LogP contribution >= 0.6 is 0 Å². The number of Topliss-reactive ketones (excluding diaryl/α,β-unsaturated/α-hetero) is 1. The van der Waals surface area contributed by atoms with E-state index in [0.717, 1.165) is 0 Å². The van der Waals surface area contributed by atoms with Crippen LogP contribution in [-0.2, 0) is 9.59 Å². The lowest BCUT2D eigenvalue weighted by Gasteiger charge is -2.06. The van der Waals surface area contributed by atoms with Gasteiger partial charge in [0.05, 0.1) is 6.42 Å². The maximum Gasteiger partial charge on any atom is 0.450 e. The summed E-state index contributed by atoms with van der Waals surface area (Å²) in [6.45, 7) is 0. The Labute approximate surface area is 94.6 Å². The van der Waals surface area contributed by atoms with E-state index in [0.29, 0.717) is 5.69 Å². The van der Waals surface area contributed by atoms with Gasteiger partial charge in [-0.25, -0.2) is 0 Å². The smallest absolute Gasteiger partial charge is 0.399 e. The number of ketones is 1. The number of anilines is 2. The van der Waals surface area contributed by atoms with Crippen LogP contribution in [0.1, 0.15) is 6.42 Å². The number of nitrogens with one attached hydrogen (secondary N) is 1. The fourth-order valence-corrected chi connectivity index (χ4v) is 1.02. The zero-order valence-electron chi connectivity index (χ0n) is 8.54. The highest BCUT2D eigenvalue weighted by Gasteiger charge is 2.39. The SMILES string of the molecule is Nc1ccc(NC(=O)CC(=O)C(F)(F)F)cc1. The van der Waals surface area contributed by atoms with Gasteiger partial charge in [0.25, 0.3) is 0 Å². The van der Waals surface area contributed by atoms with E-state index < -0.39 is 24.3 Å². The van der Waals surface area contributed by atoms with Gasteiger partial charge in [-0.3, -0.25) is 9.59 Å². The van der Waals surface area contributed by atoms with Crippen molar-refractivity contribution in [1.82, 2.24) is 0 Å². The Morgan fingerprint density at radius 3 is 2.18 bits per heavy atom. The molecule has 7 heteroatoms. The van der Waals surface area contributed by atoms with E-state index >= 15 is 0 Å². The quantitative estimate of drug-likeness (QED) is 0.630. The summed E-state index contributed by atoms with van der Waals surface area (Å²) in [5.41, 5.74) is 6.11. The fraction of sp³-hybridized carbons (Fsp3) is 0.200. The average molecular weight is 246 g/mol. The lowest BCUT2D eigenvalue weighted by atomic mass is 10.2. The van der Waals surface area contributed by atoms with Gasteiger partial charge >= 0.3 is 6.18 Å². The first-order chi connectivity index (χ1) is 7.79. The molecule has 4 nitrogen and oxygen atoms in total. The number of halogens is 3. The average Bonchev–Trinajstić information content (AvgIpc) is 2.20. The van der Waals surface area contributed by atoms with Crippen molar-refractivity contribution in [3.8, 4) is 0 Å². The van der Waals surface area contributed by atoms with E-state index in [1.807, 2.05) is 0 Å². The predicted molar refractivity (Wildman–Crippen MR) is 55.2 cm³/mol. The second kappa shape index (κ2) is 4.86. The fourth-order valence-electron chi connectivity index (χ4n) is 1.02. The third-order valence-electron chi connectivity index (χ3n) is 1.83. The Bertz CT molecular complexity index is 426. The Morgan fingerprint density at radius 2 is 1.71 bits per heavy atom. The summed E-state index contributed by atoms with van der Waals surface area (Å²) in [7, 11) is 0. The molecule has 1 aromatic rings. The Hall–Kier alpha value is -2.05. The lowest BCUT2D eigenvalue weighted by Crippen LogP contribution is -2.27. The number of carbonyl (C=O) groups is 2. The van der Waals surface area contributed by atoms with E-state index in [4.69, 9.17) is 5.73 Å². The molecule has 92 valence electrons. The van der Waals surface area contributed by atoms with Crippen LogP contribution in [0.25, 0.3) is 0 Å². The number of benzene rings is 1. The molecular weight excluding hydrogens is 237 g/mol. The second-order valence-corrected chi connectivity index (χ2v) is 3.27. The molecule has 0 aliphatic rings. The Morgan fingerprint density at radius 1 is 1.18 bits per heavy atom. The van der Waals surface area contributed by atoms with Crippen LogP contribution < -0.4 is 11.1 Å². The highest BCUT2D eigenvalue weighted by molar-refractivity contribution is 6.06. The van der Waals surface area contributed by atoms with E-state index in [9.17, 15) is 22.8 Å². The van der Waals surface area contributed by atoms with Crippen LogP contribution in [0.15, 0.2) is 24.3 Å². The van der Waals surface area contributed by atoms with Crippen molar-refractivity contribution in [3.63, 3.8) is 0 Å². The minimum absolute atomic E-state index is 0.277. The van der Waals surface area contributed by atoms with Gasteiger partial charge in [-0.2, -0.15) is 13.2 Å². The van der Waals surface area contributed by atoms with Crippen LogP contribution in [-0.4, -0.2) is 17.9 Å². The summed E-state index contributed by atoms with van der Waals surface area (Å²) in [6.07, 6.45) is -6.22. The topological polar surface area (TPSA) is 72.2 Å². The number of rotatable bonds is 3. The number of nitrogen functional groups attached to an aromatic ring is 1. The largest absolute Gasteiger partial charge is 0.450 e. The van der Waals surface area contributed by atoms with Gasteiger partial charge in [0.2, 0.25) is 11.7 Å². The molecule has 0 aliphatic heterocycles. The van der Waals surface area contributed by atoms with Gasteiger partial charge in [0.1, 0.15) is 0 Å². The van der Waals surface area contributed by atoms with E-state index in [1.54, 1.807) is 0 Å². The van der Waals surface area contributed by atoms with Crippen LogP contribution in [0, 0.1) is 0 Å². The Balaban J connectivity index is 2.56. The van der Waals surface area contributed by atoms with Crippen molar-refractivity contribution in [3.05, 3.63) is 24.3 Å². The molecular formula is C10H9F3N2O2. The molecule has 0 fully saturated rings. The van der Waals surface area contributed by atoms with Crippen LogP contribution in [0.4, 0.5) is 24.5 Å². The molecule has 0 atom stereocenters. The highest BCUT2D eigenvalue weighted by atomic mass is 19.4. The van der Waals surface area contributed by atoms with Crippen LogP contribution in [0.3, 0.4) is 0 Å². The molecule has 17 heavy (non-hydrogen) atoms. The molecule has 1 aromatic carbocycles. The van der Waals surface area contributed by atoms with Crippen molar-refractivity contribution in [2.45, 2.75) is 12.6 Å². The van der Waals surface area contributed by atoms with Crippen molar-refractivity contribution in [2.75, 3.05) is 11.1 Å². The molecule has 1 rings (SSSR count). The number of nitrogens with two attached hydrogens (primary N) is 1. The van der Waals surface area contributed by atoms with E-state index in [2.05, 4.69) is 5.32 Å². The molecule has 0 saturated heterocycles. The summed E-state index contributed by atoms with van der Waals surface area (Å²) in [4.78, 5) is 21.6. The first-order valence-electron chi connectivity index (χ1n) is 4.54. The van der Waals surface area contributed by atoms with Crippen LogP contribution in [0.5, 0.6) is 0 Å². The minimum Gasteiger partial charge on any atom is -0.399 e. The van der Waals surface area contributed by atoms with Crippen molar-refractivity contribution in [2.24, 2.45) is 0 Å². The van der Waals surface area contributed by atoms with Gasteiger partial charge in [0, 0.05) is 11.4 Å². The van der Waals surface area contributed by atoms with Crippen LogP contribution in [0.2, 0.25) is 0 Å². The molecule has 0 heterocycles. The van der Waals surface area contributed by atoms with Gasteiger partial charge in [0.15, 0.2) is 0 Å². The lowest BCUT2D eigenvalue weighted by molar-refractivity contribution is -0.171. The monoisotopic (exact) mass is 246 g/mol. The summed E-state index contributed by atoms with van der Waals surface area (Å²) < 4.78 is 35.6. The van der Waals surface area contributed by atoms with E-state index in [1.165, 1.54) is 24.3 Å². The van der Waals surface area contributed by atoms with Gasteiger partial charge in [-0.05, 0) is 24.3 Å². The molecule has 0 radical (unpaired) electrons. The van der Waals surface area contributed by atoms with Crippen molar-refractivity contribution >= 4 is 23.1 Å². The molecule has 0 bridgehead atoms. The summed E-state index contributed by atoms with van der Waals surface area (Å²) in [6, 6.07) is 5.79. The van der Waals surface area contributed by atoms with Gasteiger partial charge in [-0.15, -0.1) is 0 Å². The minimum atomic E-state index is -4.99. The van der Waals surface area contributed by atoms with Crippen molar-refractivity contribution in [1.29, 1.82) is 0 Å². The number of hydrogen-bond donors (Lipinski definition) is 2. The zero-order chi connectivity index (χ0) is 13.1. The third-order valence-corrected chi connectivity index (χ3v) is 1.83. The van der Waals surface area contributed by atoms with Crippen molar-refractivity contribution < 1.29 is 22.8 Å². The predicted octanol–water partition coefficient (Wildman–Crippen LogP) is 1.73. The molecule has 0 spiro atoms. The number of alkyl halides is 3. The molecule has 3 N–H and O–H groups in total. The number of hydrogen-bond acceptors (Lipinski definition) is 3. The maximum absolute atomic E-state index is 11.9. The third kappa shape index (κ3) is 4.13. The number of carbonyl (C=O) groups excluding carboxylic acids is 2. The summed E-state index contributed by atoms with van der Waals surface area (Å²) >= 11 is 0. The molecule has 0 unspecified atom stereocenters. The maximum atomic E-state index is 11.9. The molecule has 0 aliphatic carbocycles. The first-order valence-corrected chi connectivity index (χ1v) is 4.54. The standard InChI is InChI=1S/C10H9F3N2O2/c11-10(12,13)8(16)5-9(17)15-7-3-1-6(14)2-4-7/h1-4H,5,14H2,(H,15,17). The summed E-state index contributed by atoms with van der Waals surface area (Å²) in [5, 5.41) is 2.16. The molecule has 0 saturated carbocycles. The number of amides is 1.